The molecule has 3 aromatic heterocycles. The van der Waals surface area contributed by atoms with E-state index in [1.807, 2.05) is 43.3 Å². The molecule has 32 heavy (non-hydrogen) atoms. The molecule has 5 rings (SSSR count). The van der Waals surface area contributed by atoms with Gasteiger partial charge in [0.25, 0.3) is 5.91 Å². The van der Waals surface area contributed by atoms with Gasteiger partial charge in [-0.25, -0.2) is 4.98 Å². The van der Waals surface area contributed by atoms with Gasteiger partial charge < -0.3 is 14.5 Å². The Kier molecular flexibility index (Phi) is 5.25. The van der Waals surface area contributed by atoms with Crippen LogP contribution < -0.4 is 10.1 Å². The van der Waals surface area contributed by atoms with Gasteiger partial charge in [0.1, 0.15) is 16.3 Å². The van der Waals surface area contributed by atoms with Crippen molar-refractivity contribution >= 4 is 68.1 Å². The van der Waals surface area contributed by atoms with Gasteiger partial charge in [0.2, 0.25) is 0 Å². The number of nitrogens with one attached hydrogen (secondary N) is 1. The number of benzene rings is 2. The second kappa shape index (κ2) is 8.09. The highest BCUT2D eigenvalue weighted by Gasteiger charge is 2.22. The average molecular weight is 484 g/mol. The van der Waals surface area contributed by atoms with Crippen LogP contribution in [0.5, 0.6) is 5.75 Å². The molecule has 0 saturated carbocycles. The number of aromatic nitrogens is 2. The largest absolute Gasteiger partial charge is 0.493 e. The van der Waals surface area contributed by atoms with Crippen LogP contribution in [0.1, 0.15) is 15.4 Å². The van der Waals surface area contributed by atoms with Crippen molar-refractivity contribution in [1.29, 1.82) is 0 Å². The summed E-state index contributed by atoms with van der Waals surface area (Å²) < 4.78 is 11.6. The molecule has 5 aromatic rings. The summed E-state index contributed by atoms with van der Waals surface area (Å²) in [5.74, 6) is 0.231. The van der Waals surface area contributed by atoms with E-state index >= 15 is 0 Å². The predicted octanol–water partition coefficient (Wildman–Crippen LogP) is 6.98. The molecule has 1 amide bonds. The van der Waals surface area contributed by atoms with E-state index in [4.69, 9.17) is 32.4 Å². The summed E-state index contributed by atoms with van der Waals surface area (Å²) in [5, 5.41) is 5.78. The molecule has 0 atom stereocenters. The monoisotopic (exact) mass is 483 g/mol. The highest BCUT2D eigenvalue weighted by atomic mass is 35.5. The predicted molar refractivity (Wildman–Crippen MR) is 128 cm³/mol. The third-order valence-electron chi connectivity index (χ3n) is 5.04. The Morgan fingerprint density at radius 3 is 2.62 bits per heavy atom. The fraction of sp³-hybridized carbons (Fsp3) is 0.0870. The number of fused-ring (bicyclic) bond motifs is 3. The number of pyridine rings is 1. The van der Waals surface area contributed by atoms with Crippen molar-refractivity contribution in [3.05, 3.63) is 69.4 Å². The van der Waals surface area contributed by atoms with Crippen LogP contribution in [0, 0.1) is 6.92 Å². The maximum absolute atomic E-state index is 13.0. The molecule has 1 N–H and O–H groups in total. The second-order valence-corrected chi connectivity index (χ2v) is 8.99. The van der Waals surface area contributed by atoms with Crippen LogP contribution in [-0.4, -0.2) is 23.0 Å². The Hall–Kier alpha value is -3.13. The zero-order valence-corrected chi connectivity index (χ0v) is 19.2. The fourth-order valence-corrected chi connectivity index (χ4v) is 4.97. The number of thiazole rings is 1. The van der Waals surface area contributed by atoms with E-state index < -0.39 is 5.91 Å². The van der Waals surface area contributed by atoms with E-state index in [1.165, 1.54) is 23.7 Å². The summed E-state index contributed by atoms with van der Waals surface area (Å²) in [6.07, 6.45) is 2.83. The number of methoxy groups -OCH3 is 1. The Morgan fingerprint density at radius 1 is 1.12 bits per heavy atom. The molecule has 0 fully saturated rings. The molecule has 2 aromatic carbocycles. The first-order valence-corrected chi connectivity index (χ1v) is 11.1. The highest BCUT2D eigenvalue weighted by molar-refractivity contribution is 7.15. The number of hydrogen-bond acceptors (Lipinski definition) is 6. The zero-order valence-electron chi connectivity index (χ0n) is 16.9. The van der Waals surface area contributed by atoms with Crippen LogP contribution in [0.3, 0.4) is 0 Å². The number of rotatable bonds is 4. The van der Waals surface area contributed by atoms with Gasteiger partial charge in [-0.1, -0.05) is 41.4 Å². The molecule has 0 aliphatic rings. The topological polar surface area (TPSA) is 77.2 Å². The molecule has 160 valence electrons. The van der Waals surface area contributed by atoms with Crippen LogP contribution in [0.2, 0.25) is 10.0 Å². The molecule has 3 heterocycles. The molecular formula is C23H15Cl2N3O3S. The Morgan fingerprint density at radius 2 is 1.88 bits per heavy atom. The maximum Gasteiger partial charge on any atom is 0.275 e. The van der Waals surface area contributed by atoms with Crippen molar-refractivity contribution < 1.29 is 13.9 Å². The van der Waals surface area contributed by atoms with Crippen LogP contribution in [-0.2, 0) is 0 Å². The van der Waals surface area contributed by atoms with Gasteiger partial charge in [-0.05, 0) is 25.1 Å². The normalized spacial score (nSPS) is 11.2. The van der Waals surface area contributed by atoms with Crippen LogP contribution in [0.25, 0.3) is 32.5 Å². The molecule has 6 nitrogen and oxygen atoms in total. The van der Waals surface area contributed by atoms with E-state index in [0.29, 0.717) is 27.7 Å². The number of hydrogen-bond donors (Lipinski definition) is 1. The van der Waals surface area contributed by atoms with Gasteiger partial charge in [-0.15, -0.1) is 11.3 Å². The summed E-state index contributed by atoms with van der Waals surface area (Å²) in [6.45, 7) is 1.85. The van der Waals surface area contributed by atoms with E-state index in [0.717, 1.165) is 26.8 Å². The summed E-state index contributed by atoms with van der Waals surface area (Å²) in [7, 11) is 1.60. The van der Waals surface area contributed by atoms with Crippen LogP contribution >= 0.6 is 34.5 Å². The second-order valence-electron chi connectivity index (χ2n) is 6.97. The standard InChI is InChI=1S/C23H15Cl2N3O3S/c1-11-19(22(29)27-20-14(24)9-26-10-15(20)25)28-23(32-11)13-7-8-17(30-2)21-18(13)12-5-3-4-6-16(12)31-21/h3-10H,1-2H3,(H,26,27,29). The van der Waals surface area contributed by atoms with Gasteiger partial charge in [-0.3, -0.25) is 9.78 Å². The number of carbonyl (C=O) groups is 1. The lowest BCUT2D eigenvalue weighted by molar-refractivity contribution is 0.102. The lowest BCUT2D eigenvalue weighted by Gasteiger charge is -2.07. The maximum atomic E-state index is 13.0. The lowest BCUT2D eigenvalue weighted by atomic mass is 10.1. The molecule has 0 aliphatic heterocycles. The zero-order chi connectivity index (χ0) is 22.4. The molecule has 9 heteroatoms. The number of para-hydroxylation sites is 1. The van der Waals surface area contributed by atoms with Crippen molar-refractivity contribution in [2.75, 3.05) is 12.4 Å². The minimum Gasteiger partial charge on any atom is -0.493 e. The number of aryl methyl sites for hydroxylation is 1. The molecule has 0 saturated heterocycles. The molecular weight excluding hydrogens is 469 g/mol. The minimum atomic E-state index is -0.401. The third-order valence-corrected chi connectivity index (χ3v) is 6.62. The van der Waals surface area contributed by atoms with Gasteiger partial charge in [-0.2, -0.15) is 0 Å². The number of furan rings is 1. The molecule has 0 aliphatic carbocycles. The van der Waals surface area contributed by atoms with Gasteiger partial charge in [0, 0.05) is 33.6 Å². The Balaban J connectivity index is 1.62. The van der Waals surface area contributed by atoms with Gasteiger partial charge >= 0.3 is 0 Å². The molecule has 0 unspecified atom stereocenters. The third kappa shape index (κ3) is 3.39. The Bertz CT molecular complexity index is 1490. The van der Waals surface area contributed by atoms with Crippen molar-refractivity contribution in [3.63, 3.8) is 0 Å². The first-order valence-electron chi connectivity index (χ1n) is 9.54. The quantitative estimate of drug-likeness (QED) is 0.298. The van der Waals surface area contributed by atoms with Crippen LogP contribution in [0.15, 0.2) is 53.2 Å². The van der Waals surface area contributed by atoms with E-state index in [9.17, 15) is 4.79 Å². The van der Waals surface area contributed by atoms with Crippen molar-refractivity contribution in [2.45, 2.75) is 6.92 Å². The van der Waals surface area contributed by atoms with Crippen molar-refractivity contribution in [2.24, 2.45) is 0 Å². The lowest BCUT2D eigenvalue weighted by Crippen LogP contribution is -2.14. The number of carbonyl (C=O) groups excluding carboxylic acids is 1. The fourth-order valence-electron chi connectivity index (χ4n) is 3.57. The molecule has 0 spiro atoms. The number of ether oxygens (including phenoxy) is 1. The first-order chi connectivity index (χ1) is 15.5. The minimum absolute atomic E-state index is 0.251. The number of nitrogens with zero attached hydrogens (tertiary/aromatic N) is 2. The van der Waals surface area contributed by atoms with E-state index in [2.05, 4.69) is 15.3 Å². The molecule has 0 bridgehead atoms. The van der Waals surface area contributed by atoms with E-state index in [-0.39, 0.29) is 10.0 Å². The first kappa shape index (κ1) is 20.8. The summed E-state index contributed by atoms with van der Waals surface area (Å²) in [5.41, 5.74) is 2.85. The smallest absolute Gasteiger partial charge is 0.275 e. The number of anilines is 1. The average Bonchev–Trinajstić information content (AvgIpc) is 3.36. The highest BCUT2D eigenvalue weighted by Crippen LogP contribution is 2.42. The SMILES string of the molecule is COc1ccc(-c2nc(C(=O)Nc3c(Cl)cncc3Cl)c(C)s2)c2c1oc1ccccc12. The molecule has 0 radical (unpaired) electrons. The van der Waals surface area contributed by atoms with Crippen molar-refractivity contribution in [1.82, 2.24) is 9.97 Å². The van der Waals surface area contributed by atoms with Crippen LogP contribution in [0.4, 0.5) is 5.69 Å². The summed E-state index contributed by atoms with van der Waals surface area (Å²) in [6, 6.07) is 11.5. The number of halogens is 2. The number of amides is 1. The summed E-state index contributed by atoms with van der Waals surface area (Å²) >= 11 is 13.7. The summed E-state index contributed by atoms with van der Waals surface area (Å²) in [4.78, 5) is 22.3. The van der Waals surface area contributed by atoms with Crippen molar-refractivity contribution in [3.8, 4) is 16.3 Å². The van der Waals surface area contributed by atoms with E-state index in [1.54, 1.807) is 7.11 Å². The Labute approximate surface area is 196 Å². The van der Waals surface area contributed by atoms with Gasteiger partial charge in [0.05, 0.1) is 22.8 Å². The van der Waals surface area contributed by atoms with Gasteiger partial charge in [0.15, 0.2) is 11.3 Å².